The fraction of sp³-hybridized carbons (Fsp3) is 0.625. The van der Waals surface area contributed by atoms with Gasteiger partial charge in [-0.3, -0.25) is 0 Å². The van der Waals surface area contributed by atoms with E-state index in [0.717, 1.165) is 74.9 Å². The number of hydrogen-bond acceptors (Lipinski definition) is 9. The molecule has 34 heavy (non-hydrogen) atoms. The number of ether oxygens (including phenoxy) is 1. The molecule has 3 fully saturated rings. The van der Waals surface area contributed by atoms with E-state index in [2.05, 4.69) is 21.7 Å². The van der Waals surface area contributed by atoms with Gasteiger partial charge < -0.3 is 24.7 Å². The van der Waals surface area contributed by atoms with E-state index in [4.69, 9.17) is 26.3 Å². The summed E-state index contributed by atoms with van der Waals surface area (Å²) >= 11 is 7.87. The predicted octanol–water partition coefficient (Wildman–Crippen LogP) is 3.53. The highest BCUT2D eigenvalue weighted by molar-refractivity contribution is 7.99. The Morgan fingerprint density at radius 3 is 2.74 bits per heavy atom. The van der Waals surface area contributed by atoms with E-state index in [1.807, 2.05) is 6.07 Å². The van der Waals surface area contributed by atoms with E-state index in [9.17, 15) is 10.2 Å². The zero-order valence-electron chi connectivity index (χ0n) is 19.5. The van der Waals surface area contributed by atoms with Gasteiger partial charge in [0.15, 0.2) is 5.82 Å². The van der Waals surface area contributed by atoms with Crippen molar-refractivity contribution in [3.05, 3.63) is 29.2 Å². The van der Waals surface area contributed by atoms with Crippen LogP contribution in [-0.2, 0) is 11.3 Å². The topological polar surface area (TPSA) is 94.8 Å². The van der Waals surface area contributed by atoms with Crippen molar-refractivity contribution in [2.75, 3.05) is 42.6 Å². The maximum Gasteiger partial charge on any atom is 0.152 e. The summed E-state index contributed by atoms with van der Waals surface area (Å²) in [6, 6.07) is 2.04. The number of hydrogen-bond donors (Lipinski definition) is 2. The van der Waals surface area contributed by atoms with Gasteiger partial charge in [0.25, 0.3) is 0 Å². The van der Waals surface area contributed by atoms with Crippen LogP contribution in [0, 0.1) is 5.41 Å². The molecule has 3 aliphatic heterocycles. The fourth-order valence-electron chi connectivity index (χ4n) is 5.50. The summed E-state index contributed by atoms with van der Waals surface area (Å²) in [5, 5.41) is 20.9. The van der Waals surface area contributed by atoms with Crippen LogP contribution in [-0.4, -0.2) is 70.2 Å². The average Bonchev–Trinajstić information content (AvgIpc) is 3.47. The monoisotopic (exact) mass is 505 g/mol. The van der Waals surface area contributed by atoms with Gasteiger partial charge in [-0.15, -0.1) is 0 Å². The fourth-order valence-corrected chi connectivity index (χ4v) is 6.52. The molecule has 5 rings (SSSR count). The van der Waals surface area contributed by atoms with Gasteiger partial charge in [-0.1, -0.05) is 23.4 Å². The highest BCUT2D eigenvalue weighted by Crippen LogP contribution is 2.43. The molecule has 8 nitrogen and oxygen atoms in total. The Hall–Kier alpha value is -1.65. The number of aromatic nitrogens is 3. The van der Waals surface area contributed by atoms with Gasteiger partial charge >= 0.3 is 0 Å². The molecule has 10 heteroatoms. The van der Waals surface area contributed by atoms with E-state index in [-0.39, 0.29) is 19.3 Å². The molecule has 0 saturated carbocycles. The second-order valence-electron chi connectivity index (χ2n) is 9.70. The van der Waals surface area contributed by atoms with Gasteiger partial charge in [-0.2, -0.15) is 0 Å². The minimum Gasteiger partial charge on any atom is -0.394 e. The Bertz CT molecular complexity index is 1020. The van der Waals surface area contributed by atoms with Crippen molar-refractivity contribution < 1.29 is 14.9 Å². The molecule has 3 saturated heterocycles. The van der Waals surface area contributed by atoms with Gasteiger partial charge in [0.2, 0.25) is 0 Å². The minimum atomic E-state index is -0.167. The van der Waals surface area contributed by atoms with E-state index >= 15 is 0 Å². The first kappa shape index (κ1) is 24.1. The van der Waals surface area contributed by atoms with Gasteiger partial charge in [0.05, 0.1) is 43.2 Å². The lowest BCUT2D eigenvalue weighted by molar-refractivity contribution is 0.0975. The predicted molar refractivity (Wildman–Crippen MR) is 133 cm³/mol. The first-order chi connectivity index (χ1) is 16.5. The van der Waals surface area contributed by atoms with Gasteiger partial charge in [0.1, 0.15) is 16.5 Å². The Morgan fingerprint density at radius 1 is 1.21 bits per heavy atom. The molecule has 0 radical (unpaired) electrons. The quantitative estimate of drug-likeness (QED) is 0.611. The Balaban J connectivity index is 1.31. The van der Waals surface area contributed by atoms with Crippen LogP contribution in [0.5, 0.6) is 0 Å². The van der Waals surface area contributed by atoms with Crippen LogP contribution in [0.4, 0.5) is 11.6 Å². The number of aliphatic hydroxyl groups is 2. The molecule has 1 unspecified atom stereocenters. The maximum atomic E-state index is 10.1. The second-order valence-corrected chi connectivity index (χ2v) is 11.2. The third kappa shape index (κ3) is 4.86. The second kappa shape index (κ2) is 10.1. The smallest absolute Gasteiger partial charge is 0.152 e. The summed E-state index contributed by atoms with van der Waals surface area (Å²) in [6.07, 6.45) is 9.01. The molecule has 184 valence electrons. The summed E-state index contributed by atoms with van der Waals surface area (Å²) in [4.78, 5) is 19.1. The van der Waals surface area contributed by atoms with Gasteiger partial charge in [-0.05, 0) is 50.5 Å². The van der Waals surface area contributed by atoms with Gasteiger partial charge in [-0.25, -0.2) is 15.0 Å². The van der Waals surface area contributed by atoms with E-state index in [1.165, 1.54) is 11.8 Å². The number of aliphatic hydroxyl groups excluding tert-OH is 2. The third-order valence-electron chi connectivity index (χ3n) is 7.37. The van der Waals surface area contributed by atoms with Crippen LogP contribution in [0.1, 0.15) is 44.7 Å². The van der Waals surface area contributed by atoms with Crippen molar-refractivity contribution >= 4 is 35.0 Å². The summed E-state index contributed by atoms with van der Waals surface area (Å²) < 4.78 is 5.85. The zero-order valence-corrected chi connectivity index (χ0v) is 21.1. The summed E-state index contributed by atoms with van der Waals surface area (Å²) in [7, 11) is 0. The average molecular weight is 506 g/mol. The van der Waals surface area contributed by atoms with Crippen molar-refractivity contribution in [2.24, 2.45) is 5.41 Å². The lowest BCUT2D eigenvalue weighted by atomic mass is 9.77. The van der Waals surface area contributed by atoms with Crippen LogP contribution in [0.3, 0.4) is 0 Å². The SMILES string of the molecule is C[C@H]1CC2(CCN(c3ncc(Sc4cc(N5CCCC5CO)ncc4Cl)nc3CO)CC2)CO1. The molecule has 0 amide bonds. The third-order valence-corrected chi connectivity index (χ3v) is 8.75. The molecule has 3 aliphatic rings. The Kier molecular flexibility index (Phi) is 7.18. The molecule has 0 bridgehead atoms. The van der Waals surface area contributed by atoms with Gasteiger partial charge in [0, 0.05) is 30.7 Å². The summed E-state index contributed by atoms with van der Waals surface area (Å²) in [6.45, 7) is 5.61. The first-order valence-electron chi connectivity index (χ1n) is 12.0. The van der Waals surface area contributed by atoms with E-state index in [0.29, 0.717) is 27.3 Å². The van der Waals surface area contributed by atoms with Crippen LogP contribution >= 0.6 is 23.4 Å². The molecule has 1 spiro atoms. The lowest BCUT2D eigenvalue weighted by Gasteiger charge is -2.39. The number of nitrogens with zero attached hydrogens (tertiary/aromatic N) is 5. The number of rotatable bonds is 6. The Morgan fingerprint density at radius 2 is 2.03 bits per heavy atom. The molecular weight excluding hydrogens is 474 g/mol. The van der Waals surface area contributed by atoms with Crippen molar-refractivity contribution in [1.29, 1.82) is 0 Å². The van der Waals surface area contributed by atoms with E-state index in [1.54, 1.807) is 12.4 Å². The van der Waals surface area contributed by atoms with Crippen molar-refractivity contribution in [3.63, 3.8) is 0 Å². The van der Waals surface area contributed by atoms with Crippen molar-refractivity contribution in [3.8, 4) is 0 Å². The van der Waals surface area contributed by atoms with Crippen LogP contribution in [0.25, 0.3) is 0 Å². The Labute approximate surface area is 209 Å². The molecule has 0 aromatic carbocycles. The van der Waals surface area contributed by atoms with Crippen LogP contribution in [0.2, 0.25) is 5.02 Å². The standard InChI is InChI=1S/C24H32ClN5O3S/c1-16-10-24(15-33-16)4-7-29(8-5-24)23-19(14-32)28-22(12-27-23)34-20-9-21(26-11-18(20)25)30-6-2-3-17(30)13-31/h9,11-12,16-17,31-32H,2-8,10,13-15H2,1H3/t16-,17?/m0/s1. The molecule has 2 atom stereocenters. The molecule has 0 aliphatic carbocycles. The number of pyridine rings is 1. The van der Waals surface area contributed by atoms with Crippen LogP contribution < -0.4 is 9.80 Å². The molecule has 5 heterocycles. The highest BCUT2D eigenvalue weighted by atomic mass is 35.5. The normalized spacial score (nSPS) is 24.4. The minimum absolute atomic E-state index is 0.0919. The largest absolute Gasteiger partial charge is 0.394 e. The first-order valence-corrected chi connectivity index (χ1v) is 13.2. The molecular formula is C24H32ClN5O3S. The summed E-state index contributed by atoms with van der Waals surface area (Å²) in [5.74, 6) is 1.57. The van der Waals surface area contributed by atoms with E-state index < -0.39 is 0 Å². The van der Waals surface area contributed by atoms with Crippen molar-refractivity contribution in [1.82, 2.24) is 15.0 Å². The molecule has 2 aromatic rings. The maximum absolute atomic E-state index is 10.1. The zero-order chi connectivity index (χ0) is 23.7. The summed E-state index contributed by atoms with van der Waals surface area (Å²) in [5.41, 5.74) is 0.876. The number of anilines is 2. The number of piperidine rings is 1. The molecule has 2 N–H and O–H groups in total. The highest BCUT2D eigenvalue weighted by Gasteiger charge is 2.41. The van der Waals surface area contributed by atoms with Crippen LogP contribution in [0.15, 0.2) is 28.4 Å². The number of halogens is 1. The molecule has 2 aromatic heterocycles. The van der Waals surface area contributed by atoms with Crippen molar-refractivity contribution in [2.45, 2.75) is 67.7 Å². The lowest BCUT2D eigenvalue weighted by Crippen LogP contribution is -2.41.